The average molecular weight is 344 g/mol. The number of carbonyl (C=O) groups is 1. The van der Waals surface area contributed by atoms with E-state index in [2.05, 4.69) is 17.1 Å². The zero-order chi connectivity index (χ0) is 17.3. The molecule has 0 saturated heterocycles. The summed E-state index contributed by atoms with van der Waals surface area (Å²) in [5.74, 6) is -0.355. The van der Waals surface area contributed by atoms with Crippen molar-refractivity contribution in [1.82, 2.24) is 5.32 Å². The molecule has 24 heavy (non-hydrogen) atoms. The van der Waals surface area contributed by atoms with Gasteiger partial charge in [-0.15, -0.1) is 0 Å². The molecule has 1 atom stereocenters. The molecule has 1 aliphatic heterocycles. The lowest BCUT2D eigenvalue weighted by Gasteiger charge is -2.17. The number of nitrogens with zero attached hydrogens (tertiary/aromatic N) is 1. The molecule has 0 radical (unpaired) electrons. The molecular weight excluding hydrogens is 324 g/mol. The standard InChI is InChI=1S/C18H20N2O3S/c1-3-20(2)14-10-8-13(9-11-14)18(21)19-16-12-24(22,23)17-7-5-4-6-15(16)17/h4-11,16H,3,12H2,1-2H3,(H,19,21). The van der Waals surface area contributed by atoms with E-state index in [4.69, 9.17) is 0 Å². The van der Waals surface area contributed by atoms with Gasteiger partial charge in [-0.2, -0.15) is 0 Å². The molecule has 5 nitrogen and oxygen atoms in total. The van der Waals surface area contributed by atoms with Crippen LogP contribution in [0.2, 0.25) is 0 Å². The Morgan fingerprint density at radius 2 is 1.83 bits per heavy atom. The first-order chi connectivity index (χ1) is 11.4. The summed E-state index contributed by atoms with van der Waals surface area (Å²) in [6.45, 7) is 2.93. The van der Waals surface area contributed by atoms with Crippen molar-refractivity contribution in [3.05, 3.63) is 59.7 Å². The number of anilines is 1. The van der Waals surface area contributed by atoms with Gasteiger partial charge in [0.2, 0.25) is 0 Å². The number of sulfone groups is 1. The van der Waals surface area contributed by atoms with Crippen LogP contribution in [0.25, 0.3) is 0 Å². The van der Waals surface area contributed by atoms with Crippen LogP contribution in [-0.4, -0.2) is 33.7 Å². The number of carbonyl (C=O) groups excluding carboxylic acids is 1. The van der Waals surface area contributed by atoms with E-state index < -0.39 is 15.9 Å². The molecule has 0 aliphatic carbocycles. The van der Waals surface area contributed by atoms with Crippen LogP contribution in [0.5, 0.6) is 0 Å². The van der Waals surface area contributed by atoms with Crippen LogP contribution in [0.3, 0.4) is 0 Å². The number of benzene rings is 2. The molecule has 1 N–H and O–H groups in total. The molecule has 0 spiro atoms. The first-order valence-corrected chi connectivity index (χ1v) is 9.51. The van der Waals surface area contributed by atoms with Crippen LogP contribution < -0.4 is 10.2 Å². The van der Waals surface area contributed by atoms with E-state index in [-0.39, 0.29) is 11.7 Å². The highest BCUT2D eigenvalue weighted by molar-refractivity contribution is 7.91. The molecule has 126 valence electrons. The maximum Gasteiger partial charge on any atom is 0.251 e. The van der Waals surface area contributed by atoms with Gasteiger partial charge in [-0.3, -0.25) is 4.79 Å². The van der Waals surface area contributed by atoms with Crippen LogP contribution in [0, 0.1) is 0 Å². The van der Waals surface area contributed by atoms with Crippen molar-refractivity contribution in [2.75, 3.05) is 24.2 Å². The smallest absolute Gasteiger partial charge is 0.251 e. The summed E-state index contributed by atoms with van der Waals surface area (Å²) in [6, 6.07) is 13.6. The summed E-state index contributed by atoms with van der Waals surface area (Å²) >= 11 is 0. The van der Waals surface area contributed by atoms with Crippen molar-refractivity contribution >= 4 is 21.4 Å². The van der Waals surface area contributed by atoms with Crippen LogP contribution in [0.4, 0.5) is 5.69 Å². The minimum atomic E-state index is -3.33. The fourth-order valence-corrected chi connectivity index (χ4v) is 4.60. The van der Waals surface area contributed by atoms with Crippen molar-refractivity contribution < 1.29 is 13.2 Å². The molecule has 1 aliphatic rings. The number of hydrogen-bond donors (Lipinski definition) is 1. The molecule has 0 saturated carbocycles. The fourth-order valence-electron chi connectivity index (χ4n) is 2.86. The van der Waals surface area contributed by atoms with E-state index >= 15 is 0 Å². The number of hydrogen-bond acceptors (Lipinski definition) is 4. The van der Waals surface area contributed by atoms with E-state index in [1.165, 1.54) is 0 Å². The summed E-state index contributed by atoms with van der Waals surface area (Å²) in [7, 11) is -1.34. The van der Waals surface area contributed by atoms with Gasteiger partial charge in [-0.05, 0) is 42.8 Å². The SMILES string of the molecule is CCN(C)c1ccc(C(=O)NC2CS(=O)(=O)c3ccccc32)cc1. The maximum absolute atomic E-state index is 12.5. The Hall–Kier alpha value is -2.34. The first-order valence-electron chi connectivity index (χ1n) is 7.86. The highest BCUT2D eigenvalue weighted by Gasteiger charge is 2.35. The van der Waals surface area contributed by atoms with Crippen molar-refractivity contribution in [3.63, 3.8) is 0 Å². The minimum Gasteiger partial charge on any atom is -0.375 e. The minimum absolute atomic E-state index is 0.0885. The zero-order valence-corrected chi connectivity index (χ0v) is 14.5. The number of amides is 1. The van der Waals surface area contributed by atoms with Gasteiger partial charge in [0, 0.05) is 24.8 Å². The molecule has 3 rings (SSSR count). The van der Waals surface area contributed by atoms with Crippen LogP contribution in [0.1, 0.15) is 28.9 Å². The third kappa shape index (κ3) is 3.01. The van der Waals surface area contributed by atoms with Gasteiger partial charge in [-0.1, -0.05) is 18.2 Å². The van der Waals surface area contributed by atoms with Crippen LogP contribution >= 0.6 is 0 Å². The predicted octanol–water partition coefficient (Wildman–Crippen LogP) is 2.40. The summed E-state index contributed by atoms with van der Waals surface area (Å²) < 4.78 is 24.4. The summed E-state index contributed by atoms with van der Waals surface area (Å²) in [5, 5.41) is 2.84. The van der Waals surface area contributed by atoms with Gasteiger partial charge in [0.05, 0.1) is 16.7 Å². The fraction of sp³-hybridized carbons (Fsp3) is 0.278. The quantitative estimate of drug-likeness (QED) is 0.925. The van der Waals surface area contributed by atoms with E-state index in [9.17, 15) is 13.2 Å². The Morgan fingerprint density at radius 3 is 2.50 bits per heavy atom. The molecule has 0 bridgehead atoms. The third-order valence-electron chi connectivity index (χ3n) is 4.37. The van der Waals surface area contributed by atoms with Gasteiger partial charge in [0.15, 0.2) is 9.84 Å². The topological polar surface area (TPSA) is 66.5 Å². The summed E-state index contributed by atoms with van der Waals surface area (Å²) in [6.07, 6.45) is 0. The molecule has 1 heterocycles. The lowest BCUT2D eigenvalue weighted by Crippen LogP contribution is -2.29. The van der Waals surface area contributed by atoms with Gasteiger partial charge >= 0.3 is 0 Å². The molecule has 2 aromatic carbocycles. The second-order valence-corrected chi connectivity index (χ2v) is 7.91. The lowest BCUT2D eigenvalue weighted by molar-refractivity contribution is 0.0940. The Balaban J connectivity index is 1.79. The average Bonchev–Trinajstić information content (AvgIpc) is 2.85. The van der Waals surface area contributed by atoms with E-state index in [1.54, 1.807) is 36.4 Å². The number of rotatable bonds is 4. The molecule has 0 aromatic heterocycles. The van der Waals surface area contributed by atoms with Crippen molar-refractivity contribution in [2.45, 2.75) is 17.9 Å². The Kier molecular flexibility index (Phi) is 4.32. The summed E-state index contributed by atoms with van der Waals surface area (Å²) in [5.41, 5.74) is 2.21. The molecule has 6 heteroatoms. The van der Waals surface area contributed by atoms with Gasteiger partial charge in [0.1, 0.15) is 0 Å². The van der Waals surface area contributed by atoms with E-state index in [1.807, 2.05) is 19.2 Å². The molecule has 0 fully saturated rings. The normalized spacial score (nSPS) is 18.0. The van der Waals surface area contributed by atoms with Gasteiger partial charge in [0.25, 0.3) is 5.91 Å². The molecule has 2 aromatic rings. The molecular formula is C18H20N2O3S. The Labute approximate surface area is 142 Å². The summed E-state index contributed by atoms with van der Waals surface area (Å²) in [4.78, 5) is 14.8. The second-order valence-electron chi connectivity index (χ2n) is 5.91. The number of nitrogens with one attached hydrogen (secondary N) is 1. The number of fused-ring (bicyclic) bond motifs is 1. The monoisotopic (exact) mass is 344 g/mol. The van der Waals surface area contributed by atoms with Gasteiger partial charge in [-0.25, -0.2) is 8.42 Å². The van der Waals surface area contributed by atoms with Crippen molar-refractivity contribution in [2.24, 2.45) is 0 Å². The van der Waals surface area contributed by atoms with Crippen molar-refractivity contribution in [1.29, 1.82) is 0 Å². The van der Waals surface area contributed by atoms with Crippen LogP contribution in [-0.2, 0) is 9.84 Å². The van der Waals surface area contributed by atoms with Gasteiger partial charge < -0.3 is 10.2 Å². The first kappa shape index (κ1) is 16.5. The Morgan fingerprint density at radius 1 is 1.17 bits per heavy atom. The van der Waals surface area contributed by atoms with Crippen molar-refractivity contribution in [3.8, 4) is 0 Å². The van der Waals surface area contributed by atoms with E-state index in [0.717, 1.165) is 12.2 Å². The largest absolute Gasteiger partial charge is 0.375 e. The van der Waals surface area contributed by atoms with E-state index in [0.29, 0.717) is 16.0 Å². The highest BCUT2D eigenvalue weighted by Crippen LogP contribution is 2.33. The predicted molar refractivity (Wildman–Crippen MR) is 94.1 cm³/mol. The Bertz CT molecular complexity index is 860. The zero-order valence-electron chi connectivity index (χ0n) is 13.7. The molecule has 1 amide bonds. The lowest BCUT2D eigenvalue weighted by atomic mass is 10.1. The third-order valence-corrected chi connectivity index (χ3v) is 6.18. The highest BCUT2D eigenvalue weighted by atomic mass is 32.2. The maximum atomic E-state index is 12.5. The van der Waals surface area contributed by atoms with Crippen LogP contribution in [0.15, 0.2) is 53.4 Å². The second kappa shape index (κ2) is 6.28. The molecule has 1 unspecified atom stereocenters.